The summed E-state index contributed by atoms with van der Waals surface area (Å²) in [5.74, 6) is 0.844. The molecule has 0 radical (unpaired) electrons. The van der Waals surface area contributed by atoms with Crippen molar-refractivity contribution in [1.29, 1.82) is 0 Å². The predicted molar refractivity (Wildman–Crippen MR) is 83.0 cm³/mol. The average molecular weight is 301 g/mol. The number of aromatic amines is 1. The maximum absolute atomic E-state index is 11.9. The number of H-pyrrole nitrogens is 1. The summed E-state index contributed by atoms with van der Waals surface area (Å²) in [6.45, 7) is 0.682. The summed E-state index contributed by atoms with van der Waals surface area (Å²) < 4.78 is 0. The lowest BCUT2D eigenvalue weighted by Crippen LogP contribution is -2.15. The van der Waals surface area contributed by atoms with Gasteiger partial charge in [0.15, 0.2) is 0 Å². The molecule has 0 saturated carbocycles. The highest BCUT2D eigenvalue weighted by Gasteiger charge is 2.22. The van der Waals surface area contributed by atoms with Crippen molar-refractivity contribution in [1.82, 2.24) is 4.98 Å². The number of benzene rings is 1. The molecule has 0 bridgehead atoms. The van der Waals surface area contributed by atoms with Crippen molar-refractivity contribution in [2.24, 2.45) is 4.99 Å². The van der Waals surface area contributed by atoms with E-state index in [9.17, 15) is 14.9 Å². The van der Waals surface area contributed by atoms with E-state index in [2.05, 4.69) is 9.98 Å². The maximum Gasteiger partial charge on any atom is 0.334 e. The van der Waals surface area contributed by atoms with E-state index in [0.29, 0.717) is 17.8 Å². The zero-order valence-electron chi connectivity index (χ0n) is 10.9. The first-order valence-corrected chi connectivity index (χ1v) is 7.30. The van der Waals surface area contributed by atoms with Crippen LogP contribution in [0.4, 0.5) is 5.69 Å². The molecular formula is C14H11N3O3S. The minimum absolute atomic E-state index is 0.458. The van der Waals surface area contributed by atoms with Crippen molar-refractivity contribution in [3.8, 4) is 11.3 Å². The van der Waals surface area contributed by atoms with Crippen LogP contribution in [0.2, 0.25) is 0 Å². The summed E-state index contributed by atoms with van der Waals surface area (Å²) in [5, 5.41) is 11.7. The third kappa shape index (κ3) is 2.59. The summed E-state index contributed by atoms with van der Waals surface area (Å²) in [4.78, 5) is 29.2. The van der Waals surface area contributed by atoms with Crippen LogP contribution >= 0.6 is 11.8 Å². The fraction of sp³-hybridized carbons (Fsp3) is 0.143. The number of thioether (sulfide) groups is 1. The zero-order valence-corrected chi connectivity index (χ0v) is 11.7. The smallest absolute Gasteiger partial charge is 0.315 e. The molecule has 106 valence electrons. The first-order valence-electron chi connectivity index (χ1n) is 6.31. The van der Waals surface area contributed by atoms with Crippen molar-refractivity contribution in [2.45, 2.75) is 0 Å². The maximum atomic E-state index is 11.9. The molecule has 1 aromatic heterocycles. The van der Waals surface area contributed by atoms with Gasteiger partial charge in [-0.2, -0.15) is 0 Å². The molecule has 1 N–H and O–H groups in total. The van der Waals surface area contributed by atoms with Crippen molar-refractivity contribution in [3.05, 3.63) is 62.4 Å². The van der Waals surface area contributed by atoms with Gasteiger partial charge in [0.1, 0.15) is 5.04 Å². The predicted octanol–water partition coefficient (Wildman–Crippen LogP) is 2.44. The van der Waals surface area contributed by atoms with Crippen molar-refractivity contribution in [2.75, 3.05) is 12.3 Å². The van der Waals surface area contributed by atoms with Crippen LogP contribution in [0.15, 0.2) is 46.2 Å². The monoisotopic (exact) mass is 301 g/mol. The van der Waals surface area contributed by atoms with Gasteiger partial charge in [-0.15, -0.1) is 11.8 Å². The lowest BCUT2D eigenvalue weighted by molar-refractivity contribution is -0.386. The number of nitro groups is 1. The number of hydrogen-bond acceptors (Lipinski definition) is 5. The largest absolute Gasteiger partial charge is 0.334 e. The summed E-state index contributed by atoms with van der Waals surface area (Å²) in [6.07, 6.45) is 0. The third-order valence-electron chi connectivity index (χ3n) is 3.10. The molecule has 0 amide bonds. The number of nitrogens with zero attached hydrogens (tertiary/aromatic N) is 2. The van der Waals surface area contributed by atoms with E-state index in [4.69, 9.17) is 0 Å². The van der Waals surface area contributed by atoms with Crippen LogP contribution in [0.25, 0.3) is 11.3 Å². The highest BCUT2D eigenvalue weighted by atomic mass is 32.2. The fourth-order valence-electron chi connectivity index (χ4n) is 2.15. The molecule has 7 heteroatoms. The summed E-state index contributed by atoms with van der Waals surface area (Å²) in [6, 6.07) is 10.6. The Hall–Kier alpha value is -2.41. The van der Waals surface area contributed by atoms with Gasteiger partial charge < -0.3 is 4.98 Å². The number of pyridine rings is 1. The molecule has 0 aliphatic carbocycles. The van der Waals surface area contributed by atoms with Crippen molar-refractivity contribution in [3.63, 3.8) is 0 Å². The summed E-state index contributed by atoms with van der Waals surface area (Å²) in [7, 11) is 0. The van der Waals surface area contributed by atoms with Crippen LogP contribution in [-0.4, -0.2) is 27.2 Å². The number of aromatic nitrogens is 1. The molecule has 1 aromatic carbocycles. The van der Waals surface area contributed by atoms with E-state index >= 15 is 0 Å². The van der Waals surface area contributed by atoms with Crippen molar-refractivity contribution < 1.29 is 4.92 Å². The number of nitrogens with one attached hydrogen (secondary N) is 1. The number of aliphatic imine (C=N–C) groups is 1. The molecule has 1 aliphatic rings. The third-order valence-corrected chi connectivity index (χ3v) is 4.11. The van der Waals surface area contributed by atoms with E-state index in [1.807, 2.05) is 30.3 Å². The second-order valence-corrected chi connectivity index (χ2v) is 5.51. The molecule has 6 nitrogen and oxygen atoms in total. The van der Waals surface area contributed by atoms with Gasteiger partial charge in [-0.25, -0.2) is 0 Å². The molecule has 2 aromatic rings. The minimum Gasteiger partial charge on any atom is -0.315 e. The number of rotatable bonds is 3. The normalized spacial score (nSPS) is 14.0. The van der Waals surface area contributed by atoms with Crippen LogP contribution in [-0.2, 0) is 0 Å². The Balaban J connectivity index is 2.25. The lowest BCUT2D eigenvalue weighted by atomic mass is 10.1. The van der Waals surface area contributed by atoms with Gasteiger partial charge in [0.25, 0.3) is 0 Å². The van der Waals surface area contributed by atoms with Gasteiger partial charge in [0.05, 0.1) is 10.6 Å². The van der Waals surface area contributed by atoms with Gasteiger partial charge in [0, 0.05) is 23.9 Å². The Bertz CT molecular complexity index is 784. The second-order valence-electron chi connectivity index (χ2n) is 4.43. The Morgan fingerprint density at radius 2 is 2.05 bits per heavy atom. The molecule has 0 fully saturated rings. The van der Waals surface area contributed by atoms with Gasteiger partial charge in [-0.1, -0.05) is 30.3 Å². The topological polar surface area (TPSA) is 88.4 Å². The Morgan fingerprint density at radius 1 is 1.29 bits per heavy atom. The van der Waals surface area contributed by atoms with Gasteiger partial charge >= 0.3 is 11.2 Å². The van der Waals surface area contributed by atoms with Crippen LogP contribution in [0.3, 0.4) is 0 Å². The highest BCUT2D eigenvalue weighted by Crippen LogP contribution is 2.28. The van der Waals surface area contributed by atoms with E-state index in [0.717, 1.165) is 16.4 Å². The lowest BCUT2D eigenvalue weighted by Gasteiger charge is -2.09. The van der Waals surface area contributed by atoms with E-state index in [-0.39, 0.29) is 0 Å². The Kier molecular flexibility index (Phi) is 3.57. The summed E-state index contributed by atoms with van der Waals surface area (Å²) in [5.41, 5.74) is 0.815. The average Bonchev–Trinajstić information content (AvgIpc) is 3.01. The van der Waals surface area contributed by atoms with Crippen LogP contribution in [0, 0.1) is 10.1 Å². The van der Waals surface area contributed by atoms with Crippen LogP contribution in [0.1, 0.15) is 5.56 Å². The standard InChI is InChI=1S/C14H11N3O3S/c18-13-11(17(19)20)8-10(14-15-6-7-21-14)12(16-13)9-4-2-1-3-5-9/h1-5,8H,6-7H2,(H,16,18). The van der Waals surface area contributed by atoms with E-state index in [1.54, 1.807) is 0 Å². The molecule has 0 atom stereocenters. The Labute approximate surface area is 124 Å². The number of hydrogen-bond donors (Lipinski definition) is 1. The summed E-state index contributed by atoms with van der Waals surface area (Å²) >= 11 is 1.54. The molecule has 0 unspecified atom stereocenters. The first kappa shape index (κ1) is 13.6. The highest BCUT2D eigenvalue weighted by molar-refractivity contribution is 8.14. The second kappa shape index (κ2) is 5.53. The fourth-order valence-corrected chi connectivity index (χ4v) is 3.03. The zero-order chi connectivity index (χ0) is 14.8. The molecule has 0 saturated heterocycles. The Morgan fingerprint density at radius 3 is 2.67 bits per heavy atom. The van der Waals surface area contributed by atoms with E-state index in [1.165, 1.54) is 17.8 Å². The van der Waals surface area contributed by atoms with Crippen LogP contribution < -0.4 is 5.56 Å². The SMILES string of the molecule is O=c1[nH]c(-c2ccccc2)c(C2=NCCS2)cc1[N+](=O)[O-]. The first-order chi connectivity index (χ1) is 10.2. The van der Waals surface area contributed by atoms with Gasteiger partial charge in [-0.3, -0.25) is 19.9 Å². The minimum atomic E-state index is -0.703. The quantitative estimate of drug-likeness (QED) is 0.696. The molecule has 21 heavy (non-hydrogen) atoms. The molecule has 1 aliphatic heterocycles. The molecule has 2 heterocycles. The van der Waals surface area contributed by atoms with Crippen molar-refractivity contribution >= 4 is 22.5 Å². The van der Waals surface area contributed by atoms with Gasteiger partial charge in [-0.05, 0) is 5.56 Å². The molecule has 3 rings (SSSR count). The molecular weight excluding hydrogens is 290 g/mol. The van der Waals surface area contributed by atoms with Gasteiger partial charge in [0.2, 0.25) is 0 Å². The van der Waals surface area contributed by atoms with E-state index < -0.39 is 16.2 Å². The van der Waals surface area contributed by atoms with Crippen LogP contribution in [0.5, 0.6) is 0 Å². The molecule has 0 spiro atoms.